The molecule has 2 saturated heterocycles. The highest BCUT2D eigenvalue weighted by Gasteiger charge is 2.45. The molecule has 2 fully saturated rings. The van der Waals surface area contributed by atoms with Crippen molar-refractivity contribution in [3.63, 3.8) is 0 Å². The molecule has 0 radical (unpaired) electrons. The summed E-state index contributed by atoms with van der Waals surface area (Å²) in [5, 5.41) is 6.90. The highest BCUT2D eigenvalue weighted by atomic mass is 16.6. The average Bonchev–Trinajstić information content (AvgIpc) is 2.95. The molecular weight excluding hydrogens is 380 g/mol. The number of carbonyl (C=O) groups excluding carboxylic acids is 1. The van der Waals surface area contributed by atoms with Gasteiger partial charge in [-0.25, -0.2) is 4.79 Å². The van der Waals surface area contributed by atoms with Crippen LogP contribution in [0.1, 0.15) is 53.4 Å². The SMILES string of the molecule is CN=C(NCC(C)Oc1ccccc1)NC1CC2CCC(C1)N2C(=O)OC(C)(C)C. The molecule has 2 bridgehead atoms. The number of benzene rings is 1. The molecule has 1 aromatic rings. The summed E-state index contributed by atoms with van der Waals surface area (Å²) < 4.78 is 11.5. The van der Waals surface area contributed by atoms with Gasteiger partial charge in [-0.3, -0.25) is 4.99 Å². The lowest BCUT2D eigenvalue weighted by atomic mass is 9.98. The maximum absolute atomic E-state index is 12.6. The third-order valence-electron chi connectivity index (χ3n) is 5.54. The Morgan fingerprint density at radius 2 is 1.83 bits per heavy atom. The van der Waals surface area contributed by atoms with Crippen LogP contribution in [0.25, 0.3) is 0 Å². The summed E-state index contributed by atoms with van der Waals surface area (Å²) in [5.41, 5.74) is -0.462. The summed E-state index contributed by atoms with van der Waals surface area (Å²) >= 11 is 0. The van der Waals surface area contributed by atoms with Crippen molar-refractivity contribution in [2.45, 2.75) is 83.2 Å². The fraction of sp³-hybridized carbons (Fsp3) is 0.652. The minimum absolute atomic E-state index is 0.0103. The average molecular weight is 417 g/mol. The number of hydrogen-bond donors (Lipinski definition) is 2. The fourth-order valence-corrected chi connectivity index (χ4v) is 4.31. The molecule has 7 heteroatoms. The molecule has 0 aliphatic carbocycles. The van der Waals surface area contributed by atoms with Gasteiger partial charge in [-0.05, 0) is 65.5 Å². The predicted molar refractivity (Wildman–Crippen MR) is 119 cm³/mol. The minimum Gasteiger partial charge on any atom is -0.489 e. The molecule has 0 spiro atoms. The van der Waals surface area contributed by atoms with E-state index in [2.05, 4.69) is 15.6 Å². The number of rotatable bonds is 5. The standard InChI is InChI=1S/C23H36N4O3/c1-16(29-20-9-7-6-8-10-20)15-25-21(24-5)26-17-13-18-11-12-19(14-17)27(18)22(28)30-23(2,3)4/h6-10,16-19H,11-15H2,1-5H3,(H2,24,25,26). The number of ether oxygens (including phenoxy) is 2. The Hall–Kier alpha value is -2.44. The van der Waals surface area contributed by atoms with Crippen molar-refractivity contribution < 1.29 is 14.3 Å². The van der Waals surface area contributed by atoms with Gasteiger partial charge in [0.05, 0.1) is 6.54 Å². The number of nitrogens with one attached hydrogen (secondary N) is 2. The second-order valence-corrected chi connectivity index (χ2v) is 9.28. The van der Waals surface area contributed by atoms with Crippen LogP contribution >= 0.6 is 0 Å². The van der Waals surface area contributed by atoms with E-state index < -0.39 is 5.60 Å². The zero-order valence-corrected chi connectivity index (χ0v) is 18.9. The summed E-state index contributed by atoms with van der Waals surface area (Å²) in [7, 11) is 1.78. The van der Waals surface area contributed by atoms with E-state index in [1.165, 1.54) is 0 Å². The first-order valence-electron chi connectivity index (χ1n) is 11.0. The zero-order chi connectivity index (χ0) is 21.7. The molecule has 2 heterocycles. The Bertz CT molecular complexity index is 718. The molecule has 2 aliphatic heterocycles. The van der Waals surface area contributed by atoms with Gasteiger partial charge in [0.2, 0.25) is 0 Å². The van der Waals surface area contributed by atoms with E-state index in [1.54, 1.807) is 7.05 Å². The number of fused-ring (bicyclic) bond motifs is 2. The van der Waals surface area contributed by atoms with E-state index in [4.69, 9.17) is 9.47 Å². The summed E-state index contributed by atoms with van der Waals surface area (Å²) in [6, 6.07) is 10.6. The normalized spacial score (nSPS) is 24.9. The van der Waals surface area contributed by atoms with Crippen LogP contribution in [0.15, 0.2) is 35.3 Å². The van der Waals surface area contributed by atoms with E-state index in [1.807, 2.05) is 62.9 Å². The number of nitrogens with zero attached hydrogens (tertiary/aromatic N) is 2. The van der Waals surface area contributed by atoms with Gasteiger partial charge in [0.15, 0.2) is 5.96 Å². The fourth-order valence-electron chi connectivity index (χ4n) is 4.31. The summed E-state index contributed by atoms with van der Waals surface area (Å²) in [6.45, 7) is 8.43. The van der Waals surface area contributed by atoms with Gasteiger partial charge in [-0.1, -0.05) is 18.2 Å². The van der Waals surface area contributed by atoms with Gasteiger partial charge < -0.3 is 25.0 Å². The predicted octanol–water partition coefficient (Wildman–Crippen LogP) is 3.55. The molecule has 1 aromatic carbocycles. The second kappa shape index (κ2) is 9.58. The Morgan fingerprint density at radius 3 is 2.40 bits per heavy atom. The topological polar surface area (TPSA) is 75.2 Å². The highest BCUT2D eigenvalue weighted by Crippen LogP contribution is 2.36. The lowest BCUT2D eigenvalue weighted by molar-refractivity contribution is 0.00544. The number of hydrogen-bond acceptors (Lipinski definition) is 4. The van der Waals surface area contributed by atoms with Crippen LogP contribution in [0, 0.1) is 0 Å². The van der Waals surface area contributed by atoms with Gasteiger partial charge in [-0.2, -0.15) is 0 Å². The molecule has 3 atom stereocenters. The van der Waals surface area contributed by atoms with E-state index >= 15 is 0 Å². The maximum Gasteiger partial charge on any atom is 0.410 e. The second-order valence-electron chi connectivity index (χ2n) is 9.28. The molecule has 1 amide bonds. The summed E-state index contributed by atoms with van der Waals surface area (Å²) in [4.78, 5) is 19.0. The first-order valence-corrected chi connectivity index (χ1v) is 11.0. The third-order valence-corrected chi connectivity index (χ3v) is 5.54. The summed E-state index contributed by atoms with van der Waals surface area (Å²) in [6.07, 6.45) is 3.73. The van der Waals surface area contributed by atoms with E-state index in [0.717, 1.165) is 37.4 Å². The quantitative estimate of drug-likeness (QED) is 0.567. The monoisotopic (exact) mass is 416 g/mol. The molecule has 0 saturated carbocycles. The van der Waals surface area contributed by atoms with E-state index in [-0.39, 0.29) is 30.3 Å². The number of carbonyl (C=O) groups is 1. The van der Waals surface area contributed by atoms with Gasteiger partial charge in [0, 0.05) is 25.2 Å². The number of piperidine rings is 1. The van der Waals surface area contributed by atoms with Crippen molar-refractivity contribution in [2.24, 2.45) is 4.99 Å². The van der Waals surface area contributed by atoms with Gasteiger partial charge in [-0.15, -0.1) is 0 Å². The van der Waals surface area contributed by atoms with Crippen LogP contribution in [-0.2, 0) is 4.74 Å². The van der Waals surface area contributed by atoms with E-state index in [0.29, 0.717) is 6.54 Å². The maximum atomic E-state index is 12.6. The van der Waals surface area contributed by atoms with Gasteiger partial charge in [0.1, 0.15) is 17.5 Å². The van der Waals surface area contributed by atoms with Crippen LogP contribution in [0.3, 0.4) is 0 Å². The largest absolute Gasteiger partial charge is 0.489 e. The van der Waals surface area contributed by atoms with Crippen LogP contribution in [-0.4, -0.2) is 60.4 Å². The molecule has 30 heavy (non-hydrogen) atoms. The van der Waals surface area contributed by atoms with Crippen LogP contribution in [0.2, 0.25) is 0 Å². The Kier molecular flexibility index (Phi) is 7.10. The molecule has 2 aliphatic rings. The summed E-state index contributed by atoms with van der Waals surface area (Å²) in [5.74, 6) is 1.63. The van der Waals surface area contributed by atoms with Crippen LogP contribution in [0.4, 0.5) is 4.79 Å². The first kappa shape index (κ1) is 22.2. The van der Waals surface area contributed by atoms with Gasteiger partial charge >= 0.3 is 6.09 Å². The van der Waals surface area contributed by atoms with Crippen molar-refractivity contribution in [1.82, 2.24) is 15.5 Å². The minimum atomic E-state index is -0.462. The van der Waals surface area contributed by atoms with Crippen molar-refractivity contribution in [2.75, 3.05) is 13.6 Å². The highest BCUT2D eigenvalue weighted by molar-refractivity contribution is 5.80. The number of guanidine groups is 1. The molecule has 3 unspecified atom stereocenters. The zero-order valence-electron chi connectivity index (χ0n) is 18.9. The molecule has 2 N–H and O–H groups in total. The Labute approximate surface area is 180 Å². The number of para-hydroxylation sites is 1. The lowest BCUT2D eigenvalue weighted by Crippen LogP contribution is -2.55. The third kappa shape index (κ3) is 6.03. The smallest absolute Gasteiger partial charge is 0.410 e. The van der Waals surface area contributed by atoms with Crippen molar-refractivity contribution in [1.29, 1.82) is 0 Å². The van der Waals surface area contributed by atoms with Crippen molar-refractivity contribution in [3.05, 3.63) is 30.3 Å². The Morgan fingerprint density at radius 1 is 1.20 bits per heavy atom. The van der Waals surface area contributed by atoms with Crippen molar-refractivity contribution >= 4 is 12.1 Å². The van der Waals surface area contributed by atoms with Crippen molar-refractivity contribution in [3.8, 4) is 5.75 Å². The molecule has 7 nitrogen and oxygen atoms in total. The molecule has 0 aromatic heterocycles. The number of amides is 1. The van der Waals surface area contributed by atoms with E-state index in [9.17, 15) is 4.79 Å². The Balaban J connectivity index is 1.47. The molecule has 166 valence electrons. The van der Waals surface area contributed by atoms with Crippen LogP contribution in [0.5, 0.6) is 5.75 Å². The molecule has 3 rings (SSSR count). The first-order chi connectivity index (χ1) is 14.2. The van der Waals surface area contributed by atoms with Crippen LogP contribution < -0.4 is 15.4 Å². The van der Waals surface area contributed by atoms with Gasteiger partial charge in [0.25, 0.3) is 0 Å². The number of aliphatic imine (C=N–C) groups is 1. The lowest BCUT2D eigenvalue weighted by Gasteiger charge is -2.40. The molecular formula is C23H36N4O3.